The number of amides is 2. The second-order valence-electron chi connectivity index (χ2n) is 3.19. The number of hydrogen-bond acceptors (Lipinski definition) is 3. The summed E-state index contributed by atoms with van der Waals surface area (Å²) in [7, 11) is 0. The first-order valence-corrected chi connectivity index (χ1v) is 4.51. The Balaban J connectivity index is 2.47. The third kappa shape index (κ3) is 2.76. The number of carbonyl (C=O) groups is 2. The summed E-state index contributed by atoms with van der Waals surface area (Å²) in [5, 5.41) is 0. The van der Waals surface area contributed by atoms with Gasteiger partial charge in [0.15, 0.2) is 0 Å². The number of carbonyl (C=O) groups excluding carboxylic acids is 2. The maximum atomic E-state index is 11.2. The van der Waals surface area contributed by atoms with Crippen LogP contribution in [0.15, 0.2) is 12.7 Å². The van der Waals surface area contributed by atoms with Crippen molar-refractivity contribution >= 4 is 12.0 Å². The molecule has 1 rings (SSSR count). The zero-order valence-corrected chi connectivity index (χ0v) is 7.94. The SMILES string of the molecule is C=CC(=O)N1CCC[C@@H](OC(N)=O)C1. The van der Waals surface area contributed by atoms with Gasteiger partial charge in [0.05, 0.1) is 6.54 Å². The van der Waals surface area contributed by atoms with E-state index in [1.54, 1.807) is 4.90 Å². The second kappa shape index (κ2) is 4.64. The van der Waals surface area contributed by atoms with Crippen LogP contribution >= 0.6 is 0 Å². The van der Waals surface area contributed by atoms with Crippen LogP contribution in [0.3, 0.4) is 0 Å². The van der Waals surface area contributed by atoms with Crippen LogP contribution in [0, 0.1) is 0 Å². The van der Waals surface area contributed by atoms with E-state index in [2.05, 4.69) is 6.58 Å². The minimum absolute atomic E-state index is 0.136. The summed E-state index contributed by atoms with van der Waals surface area (Å²) in [6, 6.07) is 0. The van der Waals surface area contributed by atoms with Gasteiger partial charge in [-0.2, -0.15) is 0 Å². The molecule has 5 nitrogen and oxygen atoms in total. The highest BCUT2D eigenvalue weighted by Gasteiger charge is 2.24. The van der Waals surface area contributed by atoms with Crippen LogP contribution in [0.2, 0.25) is 0 Å². The first-order chi connectivity index (χ1) is 6.63. The molecule has 1 aliphatic heterocycles. The quantitative estimate of drug-likeness (QED) is 0.647. The van der Waals surface area contributed by atoms with Crippen molar-refractivity contribution < 1.29 is 14.3 Å². The van der Waals surface area contributed by atoms with Crippen LogP contribution in [0.25, 0.3) is 0 Å². The molecule has 0 bridgehead atoms. The van der Waals surface area contributed by atoms with Crippen LogP contribution in [-0.4, -0.2) is 36.1 Å². The number of rotatable bonds is 2. The third-order valence-electron chi connectivity index (χ3n) is 2.15. The molecule has 1 fully saturated rings. The molecule has 78 valence electrons. The standard InChI is InChI=1S/C9H14N2O3/c1-2-8(12)11-5-3-4-7(6-11)14-9(10)13/h2,7H,1,3-6H2,(H2,10,13)/t7-/m1/s1. The molecule has 1 atom stereocenters. The van der Waals surface area contributed by atoms with Crippen LogP contribution in [0.5, 0.6) is 0 Å². The molecule has 1 heterocycles. The van der Waals surface area contributed by atoms with E-state index in [1.807, 2.05) is 0 Å². The minimum Gasteiger partial charge on any atom is -0.445 e. The van der Waals surface area contributed by atoms with Crippen molar-refractivity contribution in [3.8, 4) is 0 Å². The van der Waals surface area contributed by atoms with E-state index in [0.29, 0.717) is 13.1 Å². The molecule has 0 radical (unpaired) electrons. The van der Waals surface area contributed by atoms with Crippen LogP contribution in [-0.2, 0) is 9.53 Å². The smallest absolute Gasteiger partial charge is 0.404 e. The summed E-state index contributed by atoms with van der Waals surface area (Å²) in [6.45, 7) is 4.49. The summed E-state index contributed by atoms with van der Waals surface area (Å²) >= 11 is 0. The zero-order valence-electron chi connectivity index (χ0n) is 7.94. The molecule has 1 saturated heterocycles. The highest BCUT2D eigenvalue weighted by molar-refractivity contribution is 5.87. The lowest BCUT2D eigenvalue weighted by molar-refractivity contribution is -0.128. The van der Waals surface area contributed by atoms with Crippen molar-refractivity contribution in [3.05, 3.63) is 12.7 Å². The van der Waals surface area contributed by atoms with Crippen molar-refractivity contribution in [2.75, 3.05) is 13.1 Å². The molecule has 0 spiro atoms. The Labute approximate surface area is 82.5 Å². The van der Waals surface area contributed by atoms with E-state index < -0.39 is 6.09 Å². The third-order valence-corrected chi connectivity index (χ3v) is 2.15. The van der Waals surface area contributed by atoms with Gasteiger partial charge in [-0.3, -0.25) is 4.79 Å². The maximum absolute atomic E-state index is 11.2. The molecule has 0 unspecified atom stereocenters. The summed E-state index contributed by atoms with van der Waals surface area (Å²) in [4.78, 5) is 23.3. The van der Waals surface area contributed by atoms with E-state index in [1.165, 1.54) is 6.08 Å². The molecule has 0 aromatic heterocycles. The fourth-order valence-corrected chi connectivity index (χ4v) is 1.53. The highest BCUT2D eigenvalue weighted by Crippen LogP contribution is 2.13. The van der Waals surface area contributed by atoms with Gasteiger partial charge in [-0.15, -0.1) is 0 Å². The van der Waals surface area contributed by atoms with E-state index >= 15 is 0 Å². The van der Waals surface area contributed by atoms with Crippen molar-refractivity contribution in [2.45, 2.75) is 18.9 Å². The van der Waals surface area contributed by atoms with Gasteiger partial charge < -0.3 is 15.4 Å². The van der Waals surface area contributed by atoms with Crippen molar-refractivity contribution in [1.82, 2.24) is 4.90 Å². The molecule has 1 aliphatic rings. The molecule has 5 heteroatoms. The number of nitrogens with two attached hydrogens (primary N) is 1. The number of piperidine rings is 1. The first kappa shape index (κ1) is 10.6. The van der Waals surface area contributed by atoms with Crippen molar-refractivity contribution in [3.63, 3.8) is 0 Å². The van der Waals surface area contributed by atoms with Crippen LogP contribution in [0.1, 0.15) is 12.8 Å². The maximum Gasteiger partial charge on any atom is 0.404 e. The van der Waals surface area contributed by atoms with Gasteiger partial charge in [-0.25, -0.2) is 4.79 Å². The predicted molar refractivity (Wildman–Crippen MR) is 50.5 cm³/mol. The molecule has 0 aromatic carbocycles. The Bertz CT molecular complexity index is 252. The van der Waals surface area contributed by atoms with Gasteiger partial charge in [-0.1, -0.05) is 6.58 Å². The molecule has 2 amide bonds. The Morgan fingerprint density at radius 2 is 2.29 bits per heavy atom. The Morgan fingerprint density at radius 3 is 2.86 bits per heavy atom. The number of primary amides is 1. The topological polar surface area (TPSA) is 72.6 Å². The summed E-state index contributed by atoms with van der Waals surface area (Å²) in [5.41, 5.74) is 4.89. The zero-order chi connectivity index (χ0) is 10.6. The van der Waals surface area contributed by atoms with E-state index in [9.17, 15) is 9.59 Å². The Hall–Kier alpha value is -1.52. The average Bonchev–Trinajstić information content (AvgIpc) is 2.16. The first-order valence-electron chi connectivity index (χ1n) is 4.51. The number of hydrogen-bond donors (Lipinski definition) is 1. The molecule has 2 N–H and O–H groups in total. The van der Waals surface area contributed by atoms with Gasteiger partial charge >= 0.3 is 6.09 Å². The summed E-state index contributed by atoms with van der Waals surface area (Å²) in [6.07, 6.45) is 1.77. The fourth-order valence-electron chi connectivity index (χ4n) is 1.53. The number of likely N-dealkylation sites (tertiary alicyclic amines) is 1. The van der Waals surface area contributed by atoms with Gasteiger partial charge in [0.25, 0.3) is 0 Å². The minimum atomic E-state index is -0.789. The lowest BCUT2D eigenvalue weighted by Gasteiger charge is -2.31. The normalized spacial score (nSPS) is 21.4. The lowest BCUT2D eigenvalue weighted by atomic mass is 10.1. The monoisotopic (exact) mass is 198 g/mol. The molecule has 0 aliphatic carbocycles. The molecule has 0 aromatic rings. The average molecular weight is 198 g/mol. The van der Waals surface area contributed by atoms with E-state index in [4.69, 9.17) is 10.5 Å². The molecule has 0 saturated carbocycles. The van der Waals surface area contributed by atoms with Crippen LogP contribution < -0.4 is 5.73 Å². The molecule has 14 heavy (non-hydrogen) atoms. The van der Waals surface area contributed by atoms with Crippen LogP contribution in [0.4, 0.5) is 4.79 Å². The summed E-state index contributed by atoms with van der Waals surface area (Å²) in [5.74, 6) is -0.136. The number of ether oxygens (including phenoxy) is 1. The predicted octanol–water partition coefficient (Wildman–Crippen LogP) is 0.259. The Kier molecular flexibility index (Phi) is 3.50. The van der Waals surface area contributed by atoms with Gasteiger partial charge in [-0.05, 0) is 18.9 Å². The summed E-state index contributed by atoms with van der Waals surface area (Å²) < 4.78 is 4.83. The molecular weight excluding hydrogens is 184 g/mol. The lowest BCUT2D eigenvalue weighted by Crippen LogP contribution is -2.43. The Morgan fingerprint density at radius 1 is 1.57 bits per heavy atom. The van der Waals surface area contributed by atoms with Gasteiger partial charge in [0, 0.05) is 6.54 Å². The largest absolute Gasteiger partial charge is 0.445 e. The van der Waals surface area contributed by atoms with E-state index in [-0.39, 0.29) is 12.0 Å². The van der Waals surface area contributed by atoms with Gasteiger partial charge in [0.1, 0.15) is 6.10 Å². The second-order valence-corrected chi connectivity index (χ2v) is 3.19. The highest BCUT2D eigenvalue weighted by atomic mass is 16.6. The molecular formula is C9H14N2O3. The van der Waals surface area contributed by atoms with Crippen molar-refractivity contribution in [1.29, 1.82) is 0 Å². The van der Waals surface area contributed by atoms with Gasteiger partial charge in [0.2, 0.25) is 5.91 Å². The fraction of sp³-hybridized carbons (Fsp3) is 0.556. The van der Waals surface area contributed by atoms with Crippen molar-refractivity contribution in [2.24, 2.45) is 5.73 Å². The van der Waals surface area contributed by atoms with E-state index in [0.717, 1.165) is 12.8 Å². The number of nitrogens with zero attached hydrogens (tertiary/aromatic N) is 1.